The van der Waals surface area contributed by atoms with Gasteiger partial charge < -0.3 is 5.32 Å². The number of carbonyl (C=O) groups is 1. The first-order chi connectivity index (χ1) is 12.7. The van der Waals surface area contributed by atoms with Crippen molar-refractivity contribution in [3.63, 3.8) is 0 Å². The van der Waals surface area contributed by atoms with E-state index in [1.54, 1.807) is 6.92 Å². The molecule has 1 aromatic carbocycles. The molecule has 1 aromatic rings. The van der Waals surface area contributed by atoms with Gasteiger partial charge in [-0.2, -0.15) is 5.26 Å². The lowest BCUT2D eigenvalue weighted by atomic mass is 9.58. The summed E-state index contributed by atoms with van der Waals surface area (Å²) in [5.74, 6) is -1.14. The average molecular weight is 393 g/mol. The maximum atomic E-state index is 13.7. The van der Waals surface area contributed by atoms with Crippen LogP contribution in [0.3, 0.4) is 0 Å². The van der Waals surface area contributed by atoms with Gasteiger partial charge in [0, 0.05) is 5.54 Å². The topological polar surface area (TPSA) is 99.1 Å². The van der Waals surface area contributed by atoms with Gasteiger partial charge in [0.2, 0.25) is 10.0 Å². The maximum absolute atomic E-state index is 13.7. The minimum Gasteiger partial charge on any atom is -0.347 e. The number of nitrogens with one attached hydrogen (secondary N) is 2. The van der Waals surface area contributed by atoms with Crippen molar-refractivity contribution in [2.24, 2.45) is 5.41 Å². The highest BCUT2D eigenvalue weighted by atomic mass is 32.2. The molecule has 2 bridgehead atoms. The molecular weight excluding hydrogens is 369 g/mol. The smallest absolute Gasteiger partial charge is 0.253 e. The van der Waals surface area contributed by atoms with E-state index in [1.165, 1.54) is 6.07 Å². The van der Waals surface area contributed by atoms with E-state index in [9.17, 15) is 22.9 Å². The summed E-state index contributed by atoms with van der Waals surface area (Å²) in [7, 11) is -3.65. The van der Waals surface area contributed by atoms with Gasteiger partial charge >= 0.3 is 0 Å². The zero-order chi connectivity index (χ0) is 19.7. The zero-order valence-electron chi connectivity index (χ0n) is 15.3. The summed E-state index contributed by atoms with van der Waals surface area (Å²) in [6, 6.07) is 5.91. The van der Waals surface area contributed by atoms with E-state index in [4.69, 9.17) is 0 Å². The molecular formula is C19H24FN3O3S. The summed E-state index contributed by atoms with van der Waals surface area (Å²) >= 11 is 0. The molecule has 0 spiro atoms. The summed E-state index contributed by atoms with van der Waals surface area (Å²) in [4.78, 5) is 12.9. The molecule has 1 amide bonds. The second-order valence-electron chi connectivity index (χ2n) is 7.74. The van der Waals surface area contributed by atoms with Crippen LogP contribution >= 0.6 is 0 Å². The van der Waals surface area contributed by atoms with Crippen LogP contribution in [0, 0.1) is 22.6 Å². The lowest BCUT2D eigenvalue weighted by Gasteiger charge is -2.50. The number of nitrogens with zero attached hydrogens (tertiary/aromatic N) is 1. The number of halogens is 1. The molecule has 3 saturated carbocycles. The van der Waals surface area contributed by atoms with Gasteiger partial charge in [-0.25, -0.2) is 12.8 Å². The predicted octanol–water partition coefficient (Wildman–Crippen LogP) is 3.32. The number of fused-ring (bicyclic) bond motifs is 3. The lowest BCUT2D eigenvalue weighted by molar-refractivity contribution is 0.0522. The Bertz CT molecular complexity index is 867. The summed E-state index contributed by atoms with van der Waals surface area (Å²) in [6.07, 6.45) is 4.85. The molecule has 0 aliphatic heterocycles. The Hall–Kier alpha value is -2.14. The Morgan fingerprint density at radius 1 is 1.22 bits per heavy atom. The van der Waals surface area contributed by atoms with E-state index >= 15 is 0 Å². The van der Waals surface area contributed by atoms with Crippen LogP contribution in [0.5, 0.6) is 0 Å². The van der Waals surface area contributed by atoms with Crippen LogP contribution in [-0.4, -0.2) is 25.6 Å². The number of rotatable bonds is 6. The van der Waals surface area contributed by atoms with Crippen molar-refractivity contribution in [3.8, 4) is 6.07 Å². The monoisotopic (exact) mass is 393 g/mol. The van der Waals surface area contributed by atoms with Crippen LogP contribution in [0.25, 0.3) is 0 Å². The van der Waals surface area contributed by atoms with E-state index in [2.05, 4.69) is 16.1 Å². The molecule has 0 aromatic heterocycles. The molecule has 0 unspecified atom stereocenters. The van der Waals surface area contributed by atoms with Crippen molar-refractivity contribution in [1.29, 1.82) is 5.26 Å². The average Bonchev–Trinajstić information content (AvgIpc) is 2.62. The molecule has 4 rings (SSSR count). The van der Waals surface area contributed by atoms with Crippen molar-refractivity contribution >= 4 is 21.6 Å². The van der Waals surface area contributed by atoms with E-state index < -0.39 is 21.7 Å². The zero-order valence-corrected chi connectivity index (χ0v) is 16.2. The molecule has 6 nitrogen and oxygen atoms in total. The molecule has 3 aliphatic rings. The van der Waals surface area contributed by atoms with Gasteiger partial charge in [-0.1, -0.05) is 6.92 Å². The highest BCUT2D eigenvalue weighted by molar-refractivity contribution is 7.92. The van der Waals surface area contributed by atoms with Gasteiger partial charge in [0.15, 0.2) is 0 Å². The molecule has 3 fully saturated rings. The van der Waals surface area contributed by atoms with Crippen molar-refractivity contribution in [2.45, 2.75) is 57.4 Å². The number of hydrogen-bond acceptors (Lipinski definition) is 4. The highest BCUT2D eigenvalue weighted by Crippen LogP contribution is 2.52. The Labute approximate surface area is 159 Å². The van der Waals surface area contributed by atoms with Crippen molar-refractivity contribution in [2.75, 3.05) is 10.5 Å². The Morgan fingerprint density at radius 3 is 2.41 bits per heavy atom. The van der Waals surface area contributed by atoms with Gasteiger partial charge in [-0.3, -0.25) is 9.52 Å². The van der Waals surface area contributed by atoms with Gasteiger partial charge in [0.05, 0.1) is 28.5 Å². The summed E-state index contributed by atoms with van der Waals surface area (Å²) in [6.45, 7) is 1.73. The van der Waals surface area contributed by atoms with Crippen molar-refractivity contribution < 1.29 is 17.6 Å². The fraction of sp³-hybridized carbons (Fsp3) is 0.579. The Balaban J connectivity index is 1.81. The lowest BCUT2D eigenvalue weighted by Crippen LogP contribution is -2.56. The molecule has 0 atom stereocenters. The fourth-order valence-corrected chi connectivity index (χ4v) is 5.28. The van der Waals surface area contributed by atoms with Crippen LogP contribution in [-0.2, 0) is 10.0 Å². The molecule has 2 N–H and O–H groups in total. The van der Waals surface area contributed by atoms with Gasteiger partial charge in [-0.15, -0.1) is 0 Å². The minimum atomic E-state index is -3.65. The van der Waals surface area contributed by atoms with E-state index in [-0.39, 0.29) is 28.0 Å². The quantitative estimate of drug-likeness (QED) is 0.774. The predicted molar refractivity (Wildman–Crippen MR) is 100 cm³/mol. The summed E-state index contributed by atoms with van der Waals surface area (Å²) in [5.41, 5.74) is -0.573. The van der Waals surface area contributed by atoms with E-state index in [0.717, 1.165) is 50.7 Å². The number of amides is 1. The third-order valence-corrected chi connectivity index (χ3v) is 7.30. The first-order valence-electron chi connectivity index (χ1n) is 9.26. The first-order valence-corrected chi connectivity index (χ1v) is 10.9. The molecule has 0 radical (unpaired) electrons. The van der Waals surface area contributed by atoms with Crippen LogP contribution in [0.2, 0.25) is 0 Å². The molecule has 0 saturated heterocycles. The highest BCUT2D eigenvalue weighted by Gasteiger charge is 2.49. The summed E-state index contributed by atoms with van der Waals surface area (Å²) < 4.78 is 40.1. The van der Waals surface area contributed by atoms with Crippen LogP contribution < -0.4 is 10.0 Å². The van der Waals surface area contributed by atoms with Crippen molar-refractivity contribution in [1.82, 2.24) is 5.32 Å². The number of sulfonamides is 1. The molecule has 0 heterocycles. The number of anilines is 1. The largest absolute Gasteiger partial charge is 0.347 e. The van der Waals surface area contributed by atoms with Crippen LogP contribution in [0.4, 0.5) is 10.1 Å². The van der Waals surface area contributed by atoms with Crippen molar-refractivity contribution in [3.05, 3.63) is 29.6 Å². The van der Waals surface area contributed by atoms with E-state index in [0.29, 0.717) is 6.42 Å². The third-order valence-electron chi connectivity index (χ3n) is 5.83. The normalized spacial score (nSPS) is 27.0. The SMILES string of the molecule is CCCS(=O)(=O)Nc1cc(F)ccc1C(=O)NC12CCC(C#N)(CC1)CC2. The fourth-order valence-electron chi connectivity index (χ4n) is 4.14. The Kier molecular flexibility index (Phi) is 5.17. The summed E-state index contributed by atoms with van der Waals surface area (Å²) in [5, 5.41) is 12.4. The molecule has 27 heavy (non-hydrogen) atoms. The Morgan fingerprint density at radius 2 is 1.85 bits per heavy atom. The number of nitriles is 1. The molecule has 146 valence electrons. The molecule has 3 aliphatic carbocycles. The number of carbonyl (C=O) groups excluding carboxylic acids is 1. The maximum Gasteiger partial charge on any atom is 0.253 e. The molecule has 8 heteroatoms. The second kappa shape index (κ2) is 7.12. The second-order valence-corrected chi connectivity index (χ2v) is 9.58. The van der Waals surface area contributed by atoms with E-state index in [1.807, 2.05) is 0 Å². The number of benzene rings is 1. The van der Waals surface area contributed by atoms with Gasteiger partial charge in [0.1, 0.15) is 5.82 Å². The standard InChI is InChI=1S/C19H24FN3O3S/c1-2-11-27(25,26)23-16-12-14(20)3-4-15(16)17(24)22-19-8-5-18(13-21,6-9-19)7-10-19/h3-4,12,23H,2,5-11H2,1H3,(H,22,24). The third kappa shape index (κ3) is 4.08. The van der Waals surface area contributed by atoms with Gasteiger partial charge in [0.25, 0.3) is 5.91 Å². The van der Waals surface area contributed by atoms with Gasteiger partial charge in [-0.05, 0) is 63.1 Å². The minimum absolute atomic E-state index is 0.0460. The van der Waals surface area contributed by atoms with Crippen LogP contribution in [0.1, 0.15) is 62.2 Å². The van der Waals surface area contributed by atoms with Crippen LogP contribution in [0.15, 0.2) is 18.2 Å². The number of hydrogen-bond donors (Lipinski definition) is 2. The first kappa shape index (κ1) is 19.6.